The van der Waals surface area contributed by atoms with Crippen molar-refractivity contribution < 1.29 is 23.8 Å². The number of carbonyl (C=O) groups is 2. The number of carboxylic acid groups (broad SMARTS) is 1. The summed E-state index contributed by atoms with van der Waals surface area (Å²) < 4.78 is 21.5. The average molecular weight is 348 g/mol. The summed E-state index contributed by atoms with van der Waals surface area (Å²) in [6.45, 7) is 1.26. The van der Waals surface area contributed by atoms with Gasteiger partial charge in [-0.25, -0.2) is 9.18 Å². The molecule has 1 aromatic heterocycles. The lowest BCUT2D eigenvalue weighted by molar-refractivity contribution is -0.115. The fourth-order valence-corrected chi connectivity index (χ4v) is 2.82. The second-order valence-corrected chi connectivity index (χ2v) is 6.03. The number of halogens is 1. The van der Waals surface area contributed by atoms with E-state index in [4.69, 9.17) is 4.74 Å². The van der Waals surface area contributed by atoms with Crippen molar-refractivity contribution in [3.63, 3.8) is 0 Å². The molecule has 0 saturated heterocycles. The third-order valence-electron chi connectivity index (χ3n) is 4.11. The summed E-state index contributed by atoms with van der Waals surface area (Å²) in [5, 5.41) is 11.9. The van der Waals surface area contributed by atoms with Crippen LogP contribution < -0.4 is 15.5 Å². The number of pyridine rings is 1. The Bertz CT molecular complexity index is 946. The lowest BCUT2D eigenvalue weighted by atomic mass is 10.1. The van der Waals surface area contributed by atoms with E-state index in [1.807, 2.05) is 0 Å². The number of ketones is 1. The summed E-state index contributed by atoms with van der Waals surface area (Å²) in [7, 11) is 1.33. The fourth-order valence-electron chi connectivity index (χ4n) is 2.82. The Kier molecular flexibility index (Phi) is 4.20. The summed E-state index contributed by atoms with van der Waals surface area (Å²) >= 11 is 0. The van der Waals surface area contributed by atoms with Gasteiger partial charge in [0.15, 0.2) is 11.6 Å². The lowest BCUT2D eigenvalue weighted by Crippen LogP contribution is -2.20. The number of carbonyl (C=O) groups excluding carboxylic acids is 1. The van der Waals surface area contributed by atoms with E-state index >= 15 is 0 Å². The Labute approximate surface area is 142 Å². The van der Waals surface area contributed by atoms with E-state index in [2.05, 4.69) is 5.32 Å². The summed E-state index contributed by atoms with van der Waals surface area (Å²) in [5.41, 5.74) is -0.880. The molecule has 3 rings (SSSR count). The van der Waals surface area contributed by atoms with Crippen LogP contribution >= 0.6 is 0 Å². The van der Waals surface area contributed by atoms with Crippen molar-refractivity contribution in [2.45, 2.75) is 25.8 Å². The number of nitrogens with one attached hydrogen (secondary N) is 1. The topological polar surface area (TPSA) is 97.6 Å². The zero-order chi connectivity index (χ0) is 18.3. The lowest BCUT2D eigenvalue weighted by Gasteiger charge is -2.18. The molecule has 0 unspecified atom stereocenters. The van der Waals surface area contributed by atoms with Crippen LogP contribution in [0.4, 0.5) is 10.1 Å². The quantitative estimate of drug-likeness (QED) is 0.830. The molecule has 1 aromatic carbocycles. The highest BCUT2D eigenvalue weighted by molar-refractivity contribution is 5.97. The van der Waals surface area contributed by atoms with Crippen LogP contribution in [0.2, 0.25) is 0 Å². The Hall–Kier alpha value is -2.90. The zero-order valence-electron chi connectivity index (χ0n) is 13.8. The van der Waals surface area contributed by atoms with Crippen molar-refractivity contribution in [2.75, 3.05) is 19.0 Å². The number of Topliss-reactive ketones (excluding diaryl/α,β-unsaturated/α-hetero) is 1. The van der Waals surface area contributed by atoms with Gasteiger partial charge < -0.3 is 19.7 Å². The molecule has 1 fully saturated rings. The number of benzene rings is 1. The minimum absolute atomic E-state index is 0.0259. The zero-order valence-corrected chi connectivity index (χ0v) is 13.8. The number of aromatic nitrogens is 1. The average Bonchev–Trinajstić information content (AvgIpc) is 3.37. The first-order valence-corrected chi connectivity index (χ1v) is 7.77. The third-order valence-corrected chi connectivity index (χ3v) is 4.11. The Morgan fingerprint density at radius 1 is 1.44 bits per heavy atom. The molecular weight excluding hydrogens is 331 g/mol. The Morgan fingerprint density at radius 3 is 2.64 bits per heavy atom. The highest BCUT2D eigenvalue weighted by atomic mass is 19.1. The van der Waals surface area contributed by atoms with Gasteiger partial charge in [-0.15, -0.1) is 0 Å². The van der Waals surface area contributed by atoms with E-state index in [-0.39, 0.29) is 35.2 Å². The maximum Gasteiger partial charge on any atom is 0.341 e. The molecule has 1 saturated carbocycles. The number of hydrogen-bond donors (Lipinski definition) is 2. The van der Waals surface area contributed by atoms with Crippen molar-refractivity contribution in [1.82, 2.24) is 4.57 Å². The van der Waals surface area contributed by atoms with Gasteiger partial charge in [0.05, 0.1) is 24.6 Å². The standard InChI is InChI=1S/C17H17FN2O5/c1-8(21)6-19-13-12(18)5-10-14(16(13)25-2)20(9-3-4-9)7-11(15(10)22)17(23)24/h5,7,9,19H,3-4,6H2,1-2H3,(H,23,24). The molecule has 0 amide bonds. The van der Waals surface area contributed by atoms with Gasteiger partial charge in [0.25, 0.3) is 0 Å². The summed E-state index contributed by atoms with van der Waals surface area (Å²) in [6.07, 6.45) is 2.93. The second kappa shape index (κ2) is 6.19. The van der Waals surface area contributed by atoms with E-state index in [1.54, 1.807) is 4.57 Å². The van der Waals surface area contributed by atoms with Crippen LogP contribution in [0.3, 0.4) is 0 Å². The van der Waals surface area contributed by atoms with Crippen molar-refractivity contribution in [1.29, 1.82) is 0 Å². The molecule has 0 radical (unpaired) electrons. The highest BCUT2D eigenvalue weighted by Crippen LogP contribution is 2.42. The molecule has 1 aliphatic carbocycles. The molecule has 2 aromatic rings. The maximum absolute atomic E-state index is 14.5. The molecule has 7 nitrogen and oxygen atoms in total. The molecule has 8 heteroatoms. The first-order chi connectivity index (χ1) is 11.8. The molecule has 0 atom stereocenters. The maximum atomic E-state index is 14.5. The van der Waals surface area contributed by atoms with Crippen molar-refractivity contribution in [2.24, 2.45) is 0 Å². The number of nitrogens with zero attached hydrogens (tertiary/aromatic N) is 1. The van der Waals surface area contributed by atoms with Gasteiger partial charge in [-0.05, 0) is 25.8 Å². The van der Waals surface area contributed by atoms with Crippen LogP contribution in [0, 0.1) is 5.82 Å². The Balaban J connectivity index is 2.36. The number of methoxy groups -OCH3 is 1. The number of ether oxygens (including phenoxy) is 1. The molecule has 1 aliphatic rings. The fraction of sp³-hybridized carbons (Fsp3) is 0.353. The van der Waals surface area contributed by atoms with Gasteiger partial charge >= 0.3 is 5.97 Å². The monoisotopic (exact) mass is 348 g/mol. The SMILES string of the molecule is COc1c(NCC(C)=O)c(F)cc2c(=O)c(C(=O)O)cn(C3CC3)c12. The van der Waals surface area contributed by atoms with Gasteiger partial charge in [-0.3, -0.25) is 9.59 Å². The molecule has 0 aliphatic heterocycles. The third kappa shape index (κ3) is 2.95. The highest BCUT2D eigenvalue weighted by Gasteiger charge is 2.30. The number of rotatable bonds is 6. The minimum atomic E-state index is -1.36. The van der Waals surface area contributed by atoms with Crippen molar-refractivity contribution in [3.05, 3.63) is 33.9 Å². The minimum Gasteiger partial charge on any atom is -0.492 e. The van der Waals surface area contributed by atoms with E-state index in [0.29, 0.717) is 5.52 Å². The summed E-state index contributed by atoms with van der Waals surface area (Å²) in [6, 6.07) is 1.02. The molecule has 2 N–H and O–H groups in total. The predicted molar refractivity (Wildman–Crippen MR) is 89.1 cm³/mol. The normalized spacial score (nSPS) is 13.7. The number of fused-ring (bicyclic) bond motifs is 1. The number of carboxylic acids is 1. The molecular formula is C17H17FN2O5. The van der Waals surface area contributed by atoms with E-state index in [9.17, 15) is 23.9 Å². The first-order valence-electron chi connectivity index (χ1n) is 7.77. The van der Waals surface area contributed by atoms with Crippen LogP contribution in [0.5, 0.6) is 5.75 Å². The second-order valence-electron chi connectivity index (χ2n) is 6.03. The van der Waals surface area contributed by atoms with E-state index < -0.39 is 22.8 Å². The van der Waals surface area contributed by atoms with Gasteiger partial charge in [0, 0.05) is 12.2 Å². The Morgan fingerprint density at radius 2 is 2.12 bits per heavy atom. The van der Waals surface area contributed by atoms with E-state index in [1.165, 1.54) is 20.2 Å². The van der Waals surface area contributed by atoms with Crippen LogP contribution in [-0.2, 0) is 4.79 Å². The molecule has 132 valence electrons. The largest absolute Gasteiger partial charge is 0.492 e. The van der Waals surface area contributed by atoms with Crippen molar-refractivity contribution in [3.8, 4) is 5.75 Å². The predicted octanol–water partition coefficient (Wildman–Crippen LogP) is 2.18. The molecule has 0 spiro atoms. The van der Waals surface area contributed by atoms with Crippen LogP contribution in [0.25, 0.3) is 10.9 Å². The number of anilines is 1. The molecule has 1 heterocycles. The van der Waals surface area contributed by atoms with E-state index in [0.717, 1.165) is 18.9 Å². The van der Waals surface area contributed by atoms with Gasteiger partial charge in [0.1, 0.15) is 17.0 Å². The van der Waals surface area contributed by atoms with Crippen molar-refractivity contribution >= 4 is 28.3 Å². The van der Waals surface area contributed by atoms with Gasteiger partial charge in [-0.1, -0.05) is 0 Å². The van der Waals surface area contributed by atoms with Crippen LogP contribution in [0.15, 0.2) is 17.1 Å². The molecule has 0 bridgehead atoms. The van der Waals surface area contributed by atoms with Crippen LogP contribution in [-0.4, -0.2) is 35.1 Å². The van der Waals surface area contributed by atoms with Gasteiger partial charge in [0.2, 0.25) is 5.43 Å². The smallest absolute Gasteiger partial charge is 0.341 e. The number of hydrogen-bond acceptors (Lipinski definition) is 5. The molecule has 25 heavy (non-hydrogen) atoms. The number of aromatic carboxylic acids is 1. The summed E-state index contributed by atoms with van der Waals surface area (Å²) in [5.74, 6) is -2.26. The van der Waals surface area contributed by atoms with Gasteiger partial charge in [-0.2, -0.15) is 0 Å². The summed E-state index contributed by atoms with van der Waals surface area (Å²) in [4.78, 5) is 35.0. The van der Waals surface area contributed by atoms with Crippen LogP contribution in [0.1, 0.15) is 36.2 Å². The first kappa shape index (κ1) is 16.9.